The second kappa shape index (κ2) is 8.41. The number of para-hydroxylation sites is 2. The number of carbonyl (C=O) groups excluding carboxylic acids is 1. The van der Waals surface area contributed by atoms with Gasteiger partial charge < -0.3 is 19.5 Å². The Bertz CT molecular complexity index is 546. The third-order valence-electron chi connectivity index (χ3n) is 4.06. The van der Waals surface area contributed by atoms with E-state index in [-0.39, 0.29) is 25.0 Å². The van der Waals surface area contributed by atoms with E-state index in [2.05, 4.69) is 0 Å². The van der Waals surface area contributed by atoms with Crippen LogP contribution < -0.4 is 9.47 Å². The Labute approximate surface area is 136 Å². The number of nitrogens with zero attached hydrogens (tertiary/aromatic N) is 1. The molecule has 1 N–H and O–H groups in total. The van der Waals surface area contributed by atoms with Crippen molar-refractivity contribution in [2.75, 3.05) is 20.3 Å². The van der Waals surface area contributed by atoms with Crippen molar-refractivity contribution in [1.82, 2.24) is 4.90 Å². The minimum absolute atomic E-state index is 0.00591. The molecule has 1 aliphatic rings. The molecule has 0 saturated carbocycles. The summed E-state index contributed by atoms with van der Waals surface area (Å²) in [5.41, 5.74) is 0. The number of carboxylic acid groups (broad SMARTS) is 1. The number of likely N-dealkylation sites (tertiary alicyclic amines) is 1. The molecule has 0 spiro atoms. The monoisotopic (exact) mass is 321 g/mol. The molecule has 1 amide bonds. The van der Waals surface area contributed by atoms with Gasteiger partial charge >= 0.3 is 5.97 Å². The maximum atomic E-state index is 12.4. The lowest BCUT2D eigenvalue weighted by atomic mass is 9.98. The van der Waals surface area contributed by atoms with Gasteiger partial charge in [0.25, 0.3) is 5.91 Å². The third kappa shape index (κ3) is 4.87. The largest absolute Gasteiger partial charge is 0.493 e. The van der Waals surface area contributed by atoms with Crippen LogP contribution >= 0.6 is 0 Å². The Balaban J connectivity index is 1.93. The SMILES string of the molecule is COc1ccccc1OCC(=O)N1CCCCC1CCC(=O)O. The minimum Gasteiger partial charge on any atom is -0.493 e. The molecule has 0 aromatic heterocycles. The first-order valence-electron chi connectivity index (χ1n) is 7.89. The molecule has 126 valence electrons. The topological polar surface area (TPSA) is 76.1 Å². The van der Waals surface area contributed by atoms with Crippen molar-refractivity contribution in [3.05, 3.63) is 24.3 Å². The third-order valence-corrected chi connectivity index (χ3v) is 4.06. The second-order valence-corrected chi connectivity index (χ2v) is 5.61. The average molecular weight is 321 g/mol. The summed E-state index contributed by atoms with van der Waals surface area (Å²) in [4.78, 5) is 25.0. The lowest BCUT2D eigenvalue weighted by molar-refractivity contribution is -0.141. The molecular formula is C17H23NO5. The van der Waals surface area contributed by atoms with Gasteiger partial charge in [0.2, 0.25) is 0 Å². The smallest absolute Gasteiger partial charge is 0.303 e. The van der Waals surface area contributed by atoms with Crippen LogP contribution in [0.1, 0.15) is 32.1 Å². The number of hydrogen-bond acceptors (Lipinski definition) is 4. The molecule has 2 rings (SSSR count). The number of piperidine rings is 1. The van der Waals surface area contributed by atoms with Crippen LogP contribution in [0.2, 0.25) is 0 Å². The predicted octanol–water partition coefficient (Wildman–Crippen LogP) is 2.32. The van der Waals surface area contributed by atoms with Crippen molar-refractivity contribution in [2.45, 2.75) is 38.1 Å². The van der Waals surface area contributed by atoms with E-state index in [1.807, 2.05) is 12.1 Å². The van der Waals surface area contributed by atoms with E-state index in [1.54, 1.807) is 24.1 Å². The first-order chi connectivity index (χ1) is 11.1. The van der Waals surface area contributed by atoms with Gasteiger partial charge in [-0.15, -0.1) is 0 Å². The lowest BCUT2D eigenvalue weighted by Crippen LogP contribution is -2.46. The summed E-state index contributed by atoms with van der Waals surface area (Å²) in [5, 5.41) is 8.84. The number of aliphatic carboxylic acids is 1. The predicted molar refractivity (Wildman–Crippen MR) is 84.7 cm³/mol. The lowest BCUT2D eigenvalue weighted by Gasteiger charge is -2.35. The van der Waals surface area contributed by atoms with Gasteiger partial charge in [-0.1, -0.05) is 12.1 Å². The highest BCUT2D eigenvalue weighted by atomic mass is 16.5. The summed E-state index contributed by atoms with van der Waals surface area (Å²) in [6, 6.07) is 7.17. The van der Waals surface area contributed by atoms with Crippen molar-refractivity contribution >= 4 is 11.9 Å². The molecule has 1 aliphatic heterocycles. The molecule has 0 aliphatic carbocycles. The Hall–Kier alpha value is -2.24. The van der Waals surface area contributed by atoms with Crippen molar-refractivity contribution < 1.29 is 24.2 Å². The van der Waals surface area contributed by atoms with Gasteiger partial charge in [0, 0.05) is 19.0 Å². The number of ether oxygens (including phenoxy) is 2. The molecule has 6 heteroatoms. The van der Waals surface area contributed by atoms with E-state index >= 15 is 0 Å². The summed E-state index contributed by atoms with van der Waals surface area (Å²) >= 11 is 0. The van der Waals surface area contributed by atoms with Crippen molar-refractivity contribution in [3.63, 3.8) is 0 Å². The molecule has 1 atom stereocenters. The van der Waals surface area contributed by atoms with Crippen LogP contribution in [0.4, 0.5) is 0 Å². The first kappa shape index (κ1) is 17.1. The molecule has 1 aromatic rings. The number of benzene rings is 1. The summed E-state index contributed by atoms with van der Waals surface area (Å²) in [6.45, 7) is 0.600. The normalized spacial score (nSPS) is 17.6. The second-order valence-electron chi connectivity index (χ2n) is 5.61. The molecule has 0 bridgehead atoms. The van der Waals surface area contributed by atoms with E-state index in [0.29, 0.717) is 24.5 Å². The van der Waals surface area contributed by atoms with Crippen LogP contribution in [0.15, 0.2) is 24.3 Å². The van der Waals surface area contributed by atoms with Crippen molar-refractivity contribution in [1.29, 1.82) is 0 Å². The molecule has 1 heterocycles. The van der Waals surface area contributed by atoms with Gasteiger partial charge in [-0.2, -0.15) is 0 Å². The van der Waals surface area contributed by atoms with Gasteiger partial charge in [-0.25, -0.2) is 0 Å². The Morgan fingerprint density at radius 1 is 1.26 bits per heavy atom. The quantitative estimate of drug-likeness (QED) is 0.834. The highest BCUT2D eigenvalue weighted by Gasteiger charge is 2.27. The van der Waals surface area contributed by atoms with Crippen molar-refractivity contribution in [3.8, 4) is 11.5 Å². The zero-order valence-corrected chi connectivity index (χ0v) is 13.4. The maximum absolute atomic E-state index is 12.4. The van der Waals surface area contributed by atoms with E-state index in [9.17, 15) is 9.59 Å². The van der Waals surface area contributed by atoms with Crippen LogP contribution in [-0.2, 0) is 9.59 Å². The van der Waals surface area contributed by atoms with E-state index < -0.39 is 5.97 Å². The maximum Gasteiger partial charge on any atom is 0.303 e. The fraction of sp³-hybridized carbons (Fsp3) is 0.529. The highest BCUT2D eigenvalue weighted by Crippen LogP contribution is 2.26. The molecule has 1 unspecified atom stereocenters. The molecule has 1 fully saturated rings. The highest BCUT2D eigenvalue weighted by molar-refractivity contribution is 5.78. The summed E-state index contributed by atoms with van der Waals surface area (Å²) in [6.07, 6.45) is 3.41. The Morgan fingerprint density at radius 3 is 2.70 bits per heavy atom. The Kier molecular flexibility index (Phi) is 6.26. The molecule has 23 heavy (non-hydrogen) atoms. The molecule has 6 nitrogen and oxygen atoms in total. The van der Waals surface area contributed by atoms with Crippen LogP contribution in [-0.4, -0.2) is 48.2 Å². The van der Waals surface area contributed by atoms with Crippen LogP contribution in [0, 0.1) is 0 Å². The molecule has 0 radical (unpaired) electrons. The summed E-state index contributed by atoms with van der Waals surface area (Å²) < 4.78 is 10.8. The molecular weight excluding hydrogens is 298 g/mol. The minimum atomic E-state index is -0.826. The fourth-order valence-corrected chi connectivity index (χ4v) is 2.88. The number of carboxylic acids is 1. The van der Waals surface area contributed by atoms with E-state index in [1.165, 1.54) is 0 Å². The molecule has 1 aromatic carbocycles. The number of hydrogen-bond donors (Lipinski definition) is 1. The zero-order chi connectivity index (χ0) is 16.7. The van der Waals surface area contributed by atoms with Gasteiger partial charge in [0.05, 0.1) is 7.11 Å². The van der Waals surface area contributed by atoms with Crippen molar-refractivity contribution in [2.24, 2.45) is 0 Å². The Morgan fingerprint density at radius 2 is 2.00 bits per heavy atom. The average Bonchev–Trinajstić information content (AvgIpc) is 2.58. The fourth-order valence-electron chi connectivity index (χ4n) is 2.88. The number of rotatable bonds is 7. The number of carbonyl (C=O) groups is 2. The van der Waals surface area contributed by atoms with Gasteiger partial charge in [-0.3, -0.25) is 9.59 Å². The van der Waals surface area contributed by atoms with E-state index in [0.717, 1.165) is 19.3 Å². The van der Waals surface area contributed by atoms with Gasteiger partial charge in [0.15, 0.2) is 18.1 Å². The van der Waals surface area contributed by atoms with Crippen LogP contribution in [0.5, 0.6) is 11.5 Å². The first-order valence-corrected chi connectivity index (χ1v) is 7.89. The van der Waals surface area contributed by atoms with Crippen LogP contribution in [0.3, 0.4) is 0 Å². The van der Waals surface area contributed by atoms with Crippen LogP contribution in [0.25, 0.3) is 0 Å². The summed E-state index contributed by atoms with van der Waals surface area (Å²) in [7, 11) is 1.55. The van der Waals surface area contributed by atoms with Gasteiger partial charge in [0.1, 0.15) is 0 Å². The standard InChI is InChI=1S/C17H23NO5/c1-22-14-7-2-3-8-15(14)23-12-16(19)18-11-5-4-6-13(18)9-10-17(20)21/h2-3,7-8,13H,4-6,9-12H2,1H3,(H,20,21). The van der Waals surface area contributed by atoms with Gasteiger partial charge in [-0.05, 0) is 37.8 Å². The molecule has 1 saturated heterocycles. The summed E-state index contributed by atoms with van der Waals surface area (Å²) in [5.74, 6) is 0.183. The number of amides is 1. The number of methoxy groups -OCH3 is 1. The zero-order valence-electron chi connectivity index (χ0n) is 13.4. The van der Waals surface area contributed by atoms with E-state index in [4.69, 9.17) is 14.6 Å².